The maximum absolute atomic E-state index is 13.3. The summed E-state index contributed by atoms with van der Waals surface area (Å²) < 4.78 is 1.30. The topological polar surface area (TPSA) is 93.5 Å². The van der Waals surface area contributed by atoms with E-state index in [0.29, 0.717) is 40.0 Å². The van der Waals surface area contributed by atoms with Crippen molar-refractivity contribution in [3.63, 3.8) is 0 Å². The van der Waals surface area contributed by atoms with Crippen molar-refractivity contribution in [3.05, 3.63) is 80.0 Å². The van der Waals surface area contributed by atoms with Gasteiger partial charge in [-0.2, -0.15) is 4.68 Å². The number of nitrogens with one attached hydrogen (secondary N) is 1. The molecule has 150 valence electrons. The van der Waals surface area contributed by atoms with Crippen molar-refractivity contribution < 1.29 is 4.79 Å². The Bertz CT molecular complexity index is 1370. The van der Waals surface area contributed by atoms with Gasteiger partial charge in [-0.3, -0.25) is 14.7 Å². The van der Waals surface area contributed by atoms with Gasteiger partial charge in [0.2, 0.25) is 0 Å². The molecule has 3 heterocycles. The first-order chi connectivity index (χ1) is 14.4. The van der Waals surface area contributed by atoms with Crippen molar-refractivity contribution in [1.82, 2.24) is 24.7 Å². The standard InChI is InChI=1S/C22H18ClN5O2/c1-11-6-12(2)26-22(25-11)28-21(30)19-16-8-14(13-4-3-5-15(23)7-13)9-18(29)17(16)10-24-20(19)27-28/h3-7,10,14H,8-9H2,1-2H3,(H,24,27). The zero-order chi connectivity index (χ0) is 21.0. The number of carbonyl (C=O) groups excluding carboxylic acids is 1. The lowest BCUT2D eigenvalue weighted by molar-refractivity contribution is 0.0964. The highest BCUT2D eigenvalue weighted by atomic mass is 35.5. The van der Waals surface area contributed by atoms with Crippen molar-refractivity contribution in [2.24, 2.45) is 0 Å². The van der Waals surface area contributed by atoms with Gasteiger partial charge in [0.1, 0.15) is 0 Å². The van der Waals surface area contributed by atoms with Crippen LogP contribution in [0.2, 0.25) is 5.02 Å². The Morgan fingerprint density at radius 2 is 1.87 bits per heavy atom. The Balaban J connectivity index is 1.68. The largest absolute Gasteiger partial charge is 0.294 e. The minimum Gasteiger partial charge on any atom is -0.294 e. The maximum Gasteiger partial charge on any atom is 0.283 e. The summed E-state index contributed by atoms with van der Waals surface area (Å²) in [5.74, 6) is 0.192. The SMILES string of the molecule is Cc1cc(C)nc(-n2[nH]c3ncc4c(c3c2=O)CC(c2cccc(Cl)c2)CC4=O)n1. The van der Waals surface area contributed by atoms with Crippen molar-refractivity contribution in [2.75, 3.05) is 0 Å². The van der Waals surface area contributed by atoms with Crippen LogP contribution in [-0.4, -0.2) is 30.5 Å². The van der Waals surface area contributed by atoms with Gasteiger partial charge in [0.05, 0.1) is 5.39 Å². The second-order valence-corrected chi connectivity index (χ2v) is 8.10. The third-order valence-corrected chi connectivity index (χ3v) is 5.73. The highest BCUT2D eigenvalue weighted by Gasteiger charge is 2.30. The maximum atomic E-state index is 13.3. The summed E-state index contributed by atoms with van der Waals surface area (Å²) in [6.45, 7) is 3.69. The van der Waals surface area contributed by atoms with E-state index in [4.69, 9.17) is 11.6 Å². The highest BCUT2D eigenvalue weighted by Crippen LogP contribution is 2.35. The van der Waals surface area contributed by atoms with E-state index in [9.17, 15) is 9.59 Å². The van der Waals surface area contributed by atoms with E-state index in [1.54, 1.807) is 12.3 Å². The second-order valence-electron chi connectivity index (χ2n) is 7.66. The molecular formula is C22H18ClN5O2. The number of halogens is 1. The molecule has 0 aliphatic heterocycles. The number of carbonyl (C=O) groups is 1. The monoisotopic (exact) mass is 419 g/mol. The summed E-state index contributed by atoms with van der Waals surface area (Å²) in [5.41, 5.74) is 3.83. The van der Waals surface area contributed by atoms with Crippen LogP contribution in [0.15, 0.2) is 41.3 Å². The number of hydrogen-bond acceptors (Lipinski definition) is 5. The normalized spacial score (nSPS) is 16.1. The summed E-state index contributed by atoms with van der Waals surface area (Å²) in [7, 11) is 0. The predicted molar refractivity (Wildman–Crippen MR) is 114 cm³/mol. The van der Waals surface area contributed by atoms with Gasteiger partial charge in [0.25, 0.3) is 11.5 Å². The number of aromatic amines is 1. The van der Waals surface area contributed by atoms with E-state index in [2.05, 4.69) is 20.1 Å². The molecule has 3 aromatic heterocycles. The molecule has 1 N–H and O–H groups in total. The lowest BCUT2D eigenvalue weighted by atomic mass is 9.79. The minimum atomic E-state index is -0.307. The first-order valence-electron chi connectivity index (χ1n) is 9.64. The molecule has 1 atom stereocenters. The number of Topliss-reactive ketones (excluding diaryl/α,β-unsaturated/α-hetero) is 1. The summed E-state index contributed by atoms with van der Waals surface area (Å²) in [6, 6.07) is 9.36. The Kier molecular flexibility index (Phi) is 4.29. The molecule has 0 radical (unpaired) electrons. The Labute approximate surface area is 176 Å². The van der Waals surface area contributed by atoms with Gasteiger partial charge in [-0.1, -0.05) is 23.7 Å². The van der Waals surface area contributed by atoms with Crippen molar-refractivity contribution in [2.45, 2.75) is 32.6 Å². The predicted octanol–water partition coefficient (Wildman–Crippen LogP) is 3.69. The molecule has 30 heavy (non-hydrogen) atoms. The minimum absolute atomic E-state index is 0.0228. The molecule has 0 fully saturated rings. The smallest absolute Gasteiger partial charge is 0.283 e. The van der Waals surface area contributed by atoms with E-state index in [0.717, 1.165) is 17.0 Å². The molecule has 0 saturated carbocycles. The molecule has 1 aromatic carbocycles. The molecule has 0 saturated heterocycles. The first-order valence-corrected chi connectivity index (χ1v) is 10.0. The molecule has 4 aromatic rings. The van der Waals surface area contributed by atoms with Crippen LogP contribution in [0.4, 0.5) is 0 Å². The van der Waals surface area contributed by atoms with Crippen molar-refractivity contribution in [1.29, 1.82) is 0 Å². The number of nitrogens with zero attached hydrogens (tertiary/aromatic N) is 4. The second kappa shape index (κ2) is 6.88. The highest BCUT2D eigenvalue weighted by molar-refractivity contribution is 6.30. The third-order valence-electron chi connectivity index (χ3n) is 5.49. The number of pyridine rings is 1. The average Bonchev–Trinajstić information content (AvgIpc) is 3.04. The molecule has 1 unspecified atom stereocenters. The number of hydrogen-bond donors (Lipinski definition) is 1. The number of H-pyrrole nitrogens is 1. The van der Waals surface area contributed by atoms with Gasteiger partial charge >= 0.3 is 0 Å². The van der Waals surface area contributed by atoms with Gasteiger partial charge in [0.15, 0.2) is 11.4 Å². The van der Waals surface area contributed by atoms with Gasteiger partial charge < -0.3 is 0 Å². The van der Waals surface area contributed by atoms with E-state index < -0.39 is 0 Å². The fourth-order valence-corrected chi connectivity index (χ4v) is 4.38. The van der Waals surface area contributed by atoms with Crippen LogP contribution in [0.25, 0.3) is 17.0 Å². The number of ketones is 1. The summed E-state index contributed by atoms with van der Waals surface area (Å²) in [5, 5.41) is 4.04. The molecule has 1 aliphatic carbocycles. The fourth-order valence-electron chi connectivity index (χ4n) is 4.18. The van der Waals surface area contributed by atoms with Gasteiger partial charge in [-0.05, 0) is 55.5 Å². The number of benzene rings is 1. The van der Waals surface area contributed by atoms with E-state index in [1.165, 1.54) is 4.68 Å². The lowest BCUT2D eigenvalue weighted by Gasteiger charge is -2.24. The first kappa shape index (κ1) is 18.7. The molecule has 0 amide bonds. The van der Waals surface area contributed by atoms with E-state index in [-0.39, 0.29) is 23.2 Å². The summed E-state index contributed by atoms with van der Waals surface area (Å²) in [6.07, 6.45) is 2.47. The number of aromatic nitrogens is 5. The molecule has 0 bridgehead atoms. The molecule has 0 spiro atoms. The molecular weight excluding hydrogens is 402 g/mol. The Morgan fingerprint density at radius 1 is 1.10 bits per heavy atom. The van der Waals surface area contributed by atoms with Crippen LogP contribution >= 0.6 is 11.6 Å². The van der Waals surface area contributed by atoms with Crippen LogP contribution in [0.1, 0.15) is 45.2 Å². The number of fused-ring (bicyclic) bond motifs is 3. The Morgan fingerprint density at radius 3 is 2.60 bits per heavy atom. The fraction of sp³-hybridized carbons (Fsp3) is 0.227. The Hall–Kier alpha value is -3.32. The van der Waals surface area contributed by atoms with Gasteiger partial charge in [0, 0.05) is 34.6 Å². The van der Waals surface area contributed by atoms with Crippen molar-refractivity contribution in [3.8, 4) is 5.95 Å². The lowest BCUT2D eigenvalue weighted by Crippen LogP contribution is -2.22. The molecule has 1 aliphatic rings. The summed E-state index contributed by atoms with van der Waals surface area (Å²) >= 11 is 6.15. The quantitative estimate of drug-likeness (QED) is 0.534. The zero-order valence-electron chi connectivity index (χ0n) is 16.4. The van der Waals surface area contributed by atoms with E-state index in [1.807, 2.05) is 38.1 Å². The third kappa shape index (κ3) is 3.02. The molecule has 5 rings (SSSR count). The van der Waals surface area contributed by atoms with Crippen LogP contribution in [0.5, 0.6) is 0 Å². The number of rotatable bonds is 2. The van der Waals surface area contributed by atoms with Crippen LogP contribution < -0.4 is 5.56 Å². The zero-order valence-corrected chi connectivity index (χ0v) is 17.2. The average molecular weight is 420 g/mol. The van der Waals surface area contributed by atoms with Gasteiger partial charge in [-0.15, -0.1) is 0 Å². The molecule has 8 heteroatoms. The summed E-state index contributed by atoms with van der Waals surface area (Å²) in [4.78, 5) is 39.2. The van der Waals surface area contributed by atoms with Crippen LogP contribution in [-0.2, 0) is 6.42 Å². The van der Waals surface area contributed by atoms with Gasteiger partial charge in [-0.25, -0.2) is 15.0 Å². The number of aryl methyl sites for hydroxylation is 2. The van der Waals surface area contributed by atoms with Crippen LogP contribution in [0.3, 0.4) is 0 Å². The van der Waals surface area contributed by atoms with Crippen LogP contribution in [0, 0.1) is 13.8 Å². The van der Waals surface area contributed by atoms with E-state index >= 15 is 0 Å². The molecule has 7 nitrogen and oxygen atoms in total. The van der Waals surface area contributed by atoms with Crippen molar-refractivity contribution >= 4 is 28.4 Å².